The Hall–Kier alpha value is -0.175. The number of rotatable bonds is 1. The number of hydrogen-bond donors (Lipinski definition) is 2. The van der Waals surface area contributed by atoms with Gasteiger partial charge in [0.15, 0.2) is 5.13 Å². The molecular formula is C8H5BFIO2S. The Morgan fingerprint density at radius 1 is 1.29 bits per heavy atom. The van der Waals surface area contributed by atoms with E-state index in [0.717, 1.165) is 19.6 Å². The molecule has 2 rings (SSSR count). The van der Waals surface area contributed by atoms with Crippen LogP contribution in [0.2, 0.25) is 0 Å². The minimum atomic E-state index is -1.55. The van der Waals surface area contributed by atoms with Gasteiger partial charge in [-0.1, -0.05) is 0 Å². The van der Waals surface area contributed by atoms with Crippen molar-refractivity contribution in [2.45, 2.75) is 0 Å². The number of hydrogen-bond acceptors (Lipinski definition) is 3. The summed E-state index contributed by atoms with van der Waals surface area (Å²) in [4.78, 5) is 0. The molecule has 2 N–H and O–H groups in total. The third-order valence-corrected chi connectivity index (χ3v) is 3.38. The molecule has 1 aromatic heterocycles. The lowest BCUT2D eigenvalue weighted by atomic mass is 9.78. The smallest absolute Gasteiger partial charge is 0.423 e. The minimum absolute atomic E-state index is 0.316. The van der Waals surface area contributed by atoms with Crippen molar-refractivity contribution in [3.8, 4) is 0 Å². The van der Waals surface area contributed by atoms with Gasteiger partial charge in [-0.15, -0.1) is 11.3 Å². The van der Waals surface area contributed by atoms with Crippen LogP contribution in [0.5, 0.6) is 0 Å². The van der Waals surface area contributed by atoms with E-state index in [-0.39, 0.29) is 5.13 Å². The van der Waals surface area contributed by atoms with Crippen LogP contribution in [-0.4, -0.2) is 17.2 Å². The van der Waals surface area contributed by atoms with Gasteiger partial charge in [-0.2, -0.15) is 4.39 Å². The number of fused-ring (bicyclic) bond motifs is 1. The zero-order valence-corrected chi connectivity index (χ0v) is 9.84. The molecule has 0 unspecified atom stereocenters. The summed E-state index contributed by atoms with van der Waals surface area (Å²) in [5.41, 5.74) is 0.354. The summed E-state index contributed by atoms with van der Waals surface area (Å²) < 4.78 is 14.5. The molecule has 0 radical (unpaired) electrons. The second kappa shape index (κ2) is 3.76. The maximum Gasteiger partial charge on any atom is 0.489 e. The summed E-state index contributed by atoms with van der Waals surface area (Å²) in [7, 11) is -1.55. The topological polar surface area (TPSA) is 40.5 Å². The lowest BCUT2D eigenvalue weighted by molar-refractivity contribution is 0.426. The molecule has 14 heavy (non-hydrogen) atoms. The second-order valence-electron chi connectivity index (χ2n) is 2.83. The van der Waals surface area contributed by atoms with Crippen molar-refractivity contribution >= 4 is 56.6 Å². The zero-order valence-electron chi connectivity index (χ0n) is 6.87. The fourth-order valence-corrected chi connectivity index (χ4v) is 3.03. The van der Waals surface area contributed by atoms with Gasteiger partial charge in [0.25, 0.3) is 0 Å². The van der Waals surface area contributed by atoms with Crippen LogP contribution in [0.25, 0.3) is 10.1 Å². The van der Waals surface area contributed by atoms with Crippen LogP contribution in [0.15, 0.2) is 18.2 Å². The van der Waals surface area contributed by atoms with Crippen LogP contribution in [0.4, 0.5) is 4.39 Å². The Balaban J connectivity index is 2.79. The zero-order chi connectivity index (χ0) is 10.3. The molecule has 6 heteroatoms. The van der Waals surface area contributed by atoms with Gasteiger partial charge in [-0.3, -0.25) is 0 Å². The first kappa shape index (κ1) is 10.3. The average Bonchev–Trinajstić information content (AvgIpc) is 2.42. The summed E-state index contributed by atoms with van der Waals surface area (Å²) in [6.45, 7) is 0. The van der Waals surface area contributed by atoms with E-state index in [0.29, 0.717) is 10.8 Å². The molecule has 0 saturated carbocycles. The van der Waals surface area contributed by atoms with Gasteiger partial charge < -0.3 is 10.0 Å². The van der Waals surface area contributed by atoms with E-state index in [1.807, 2.05) is 6.07 Å². The normalized spacial score (nSPS) is 10.9. The van der Waals surface area contributed by atoms with E-state index in [1.165, 1.54) is 6.07 Å². The SMILES string of the molecule is OB(O)c1cc(I)cc2sc(F)cc12. The molecular weight excluding hydrogens is 317 g/mol. The molecule has 0 bridgehead atoms. The predicted octanol–water partition coefficient (Wildman–Crippen LogP) is 1.32. The molecule has 0 aliphatic rings. The predicted molar refractivity (Wildman–Crippen MR) is 64.3 cm³/mol. The average molecular weight is 322 g/mol. The van der Waals surface area contributed by atoms with Crippen molar-refractivity contribution < 1.29 is 14.4 Å². The molecule has 1 aromatic carbocycles. The van der Waals surface area contributed by atoms with Crippen LogP contribution in [0.1, 0.15) is 0 Å². The Morgan fingerprint density at radius 2 is 2.00 bits per heavy atom. The number of halogens is 2. The molecule has 0 aliphatic carbocycles. The summed E-state index contributed by atoms with van der Waals surface area (Å²) in [6, 6.07) is 4.78. The van der Waals surface area contributed by atoms with Gasteiger partial charge in [0.1, 0.15) is 0 Å². The van der Waals surface area contributed by atoms with Crippen molar-refractivity contribution in [1.82, 2.24) is 0 Å². The standard InChI is InChI=1S/C8H5BFIO2S/c10-8-3-5-6(9(12)13)1-4(11)2-7(5)14-8/h1-3,12-13H. The molecule has 0 saturated heterocycles. The van der Waals surface area contributed by atoms with Gasteiger partial charge in [0.2, 0.25) is 0 Å². The Bertz CT molecular complexity index is 485. The fourth-order valence-electron chi connectivity index (χ4n) is 1.31. The number of benzene rings is 1. The lowest BCUT2D eigenvalue weighted by Gasteiger charge is -2.02. The summed E-state index contributed by atoms with van der Waals surface area (Å²) in [6.07, 6.45) is 0. The summed E-state index contributed by atoms with van der Waals surface area (Å²) >= 11 is 3.06. The van der Waals surface area contributed by atoms with Gasteiger partial charge in [0.05, 0.1) is 0 Å². The first-order valence-corrected chi connectivity index (χ1v) is 5.72. The maximum atomic E-state index is 12.9. The largest absolute Gasteiger partial charge is 0.489 e. The van der Waals surface area contributed by atoms with Crippen LogP contribution in [0, 0.1) is 8.70 Å². The molecule has 0 spiro atoms. The molecule has 0 aliphatic heterocycles. The van der Waals surface area contributed by atoms with Gasteiger partial charge in [0, 0.05) is 8.27 Å². The molecule has 2 nitrogen and oxygen atoms in total. The van der Waals surface area contributed by atoms with Gasteiger partial charge >= 0.3 is 7.12 Å². The van der Waals surface area contributed by atoms with Crippen LogP contribution < -0.4 is 5.46 Å². The van der Waals surface area contributed by atoms with Gasteiger partial charge in [-0.25, -0.2) is 0 Å². The highest BCUT2D eigenvalue weighted by atomic mass is 127. The first-order valence-electron chi connectivity index (χ1n) is 3.82. The quantitative estimate of drug-likeness (QED) is 0.614. The highest BCUT2D eigenvalue weighted by Crippen LogP contribution is 2.24. The van der Waals surface area contributed by atoms with Crippen LogP contribution in [-0.2, 0) is 0 Å². The van der Waals surface area contributed by atoms with E-state index in [1.54, 1.807) is 6.07 Å². The first-order chi connectivity index (χ1) is 6.58. The molecule has 2 aromatic rings. The fraction of sp³-hybridized carbons (Fsp3) is 0. The monoisotopic (exact) mass is 322 g/mol. The van der Waals surface area contributed by atoms with Gasteiger partial charge in [-0.05, 0) is 51.6 Å². The lowest BCUT2D eigenvalue weighted by Crippen LogP contribution is -2.30. The van der Waals surface area contributed by atoms with Crippen LogP contribution >= 0.6 is 33.9 Å². The van der Waals surface area contributed by atoms with Crippen molar-refractivity contribution in [3.05, 3.63) is 26.9 Å². The third kappa shape index (κ3) is 1.79. The Kier molecular flexibility index (Phi) is 2.78. The third-order valence-electron chi connectivity index (χ3n) is 1.88. The number of thiophene rings is 1. The molecule has 0 amide bonds. The van der Waals surface area contributed by atoms with E-state index in [2.05, 4.69) is 22.6 Å². The van der Waals surface area contributed by atoms with Crippen molar-refractivity contribution in [2.24, 2.45) is 0 Å². The highest BCUT2D eigenvalue weighted by Gasteiger charge is 2.17. The second-order valence-corrected chi connectivity index (χ2v) is 5.11. The van der Waals surface area contributed by atoms with Crippen LogP contribution in [0.3, 0.4) is 0 Å². The molecule has 1 heterocycles. The summed E-state index contributed by atoms with van der Waals surface area (Å²) in [5.74, 6) is 0. The molecule has 0 atom stereocenters. The minimum Gasteiger partial charge on any atom is -0.423 e. The summed E-state index contributed by atoms with van der Waals surface area (Å²) in [5, 5.41) is 18.4. The van der Waals surface area contributed by atoms with E-state index in [4.69, 9.17) is 10.0 Å². The van der Waals surface area contributed by atoms with E-state index < -0.39 is 7.12 Å². The van der Waals surface area contributed by atoms with Crippen molar-refractivity contribution in [1.29, 1.82) is 0 Å². The van der Waals surface area contributed by atoms with Crippen molar-refractivity contribution in [2.75, 3.05) is 0 Å². The van der Waals surface area contributed by atoms with E-state index >= 15 is 0 Å². The van der Waals surface area contributed by atoms with E-state index in [9.17, 15) is 4.39 Å². The highest BCUT2D eigenvalue weighted by molar-refractivity contribution is 14.1. The van der Waals surface area contributed by atoms with Crippen molar-refractivity contribution in [3.63, 3.8) is 0 Å². The molecule has 72 valence electrons. The Labute approximate surface area is 97.7 Å². The Morgan fingerprint density at radius 3 is 2.64 bits per heavy atom. The maximum absolute atomic E-state index is 12.9. The molecule has 0 fully saturated rings.